The molecular weight excluding hydrogens is 466 g/mol. The first kappa shape index (κ1) is 25.3. The van der Waals surface area contributed by atoms with E-state index in [1.807, 2.05) is 42.6 Å². The van der Waals surface area contributed by atoms with Crippen molar-refractivity contribution in [3.63, 3.8) is 0 Å². The van der Waals surface area contributed by atoms with Crippen LogP contribution in [-0.4, -0.2) is 59.5 Å². The van der Waals surface area contributed by atoms with Gasteiger partial charge in [-0.2, -0.15) is 0 Å². The molecule has 4 aromatic rings. The highest BCUT2D eigenvalue weighted by Crippen LogP contribution is 2.30. The number of nitrogens with zero attached hydrogens (tertiary/aromatic N) is 2. The molecule has 1 aromatic carbocycles. The summed E-state index contributed by atoms with van der Waals surface area (Å²) in [6.45, 7) is 4.59. The fourth-order valence-electron chi connectivity index (χ4n) is 3.93. The maximum absolute atomic E-state index is 13.0. The second-order valence-electron chi connectivity index (χ2n) is 8.54. The molecule has 0 aliphatic heterocycles. The Bertz CT molecular complexity index is 1250. The van der Waals surface area contributed by atoms with Gasteiger partial charge in [-0.05, 0) is 31.0 Å². The van der Waals surface area contributed by atoms with Crippen LogP contribution in [0.5, 0.6) is 0 Å². The number of hydrogen-bond acceptors (Lipinski definition) is 8. The van der Waals surface area contributed by atoms with E-state index in [0.717, 1.165) is 17.5 Å². The Kier molecular flexibility index (Phi) is 8.84. The fourth-order valence-corrected chi connectivity index (χ4v) is 4.90. The summed E-state index contributed by atoms with van der Waals surface area (Å²) in [6, 6.07) is 11.8. The van der Waals surface area contributed by atoms with E-state index in [1.54, 1.807) is 19.4 Å². The molecule has 0 bridgehead atoms. The predicted octanol–water partition coefficient (Wildman–Crippen LogP) is 3.97. The molecular formula is C26H31N3O5S. The number of thiophene rings is 1. The highest BCUT2D eigenvalue weighted by atomic mass is 32.1. The van der Waals surface area contributed by atoms with Crippen molar-refractivity contribution in [3.8, 4) is 11.1 Å². The summed E-state index contributed by atoms with van der Waals surface area (Å²) >= 11 is 1.47. The first-order chi connectivity index (χ1) is 17.0. The molecule has 0 aliphatic rings. The van der Waals surface area contributed by atoms with Gasteiger partial charge in [0.2, 0.25) is 0 Å². The van der Waals surface area contributed by atoms with Crippen LogP contribution in [0.3, 0.4) is 0 Å². The van der Waals surface area contributed by atoms with Gasteiger partial charge in [0.25, 0.3) is 5.56 Å². The van der Waals surface area contributed by atoms with E-state index in [4.69, 9.17) is 18.9 Å². The number of methoxy groups -OCH3 is 1. The second-order valence-corrected chi connectivity index (χ2v) is 9.40. The molecule has 0 fully saturated rings. The number of nitrogens with one attached hydrogen (secondary N) is 1. The van der Waals surface area contributed by atoms with Crippen molar-refractivity contribution < 1.29 is 19.0 Å². The van der Waals surface area contributed by atoms with E-state index in [-0.39, 0.29) is 12.2 Å². The molecule has 0 saturated heterocycles. The predicted molar refractivity (Wildman–Crippen MR) is 137 cm³/mol. The Hall–Kier alpha value is -2.82. The van der Waals surface area contributed by atoms with E-state index >= 15 is 0 Å². The lowest BCUT2D eigenvalue weighted by Crippen LogP contribution is -2.36. The Labute approximate surface area is 208 Å². The maximum Gasteiger partial charge on any atom is 0.260 e. The number of aliphatic hydroxyl groups excluding tert-OH is 1. The molecule has 186 valence electrons. The van der Waals surface area contributed by atoms with Crippen LogP contribution in [0.4, 0.5) is 0 Å². The normalized spacial score (nSPS) is 12.6. The van der Waals surface area contributed by atoms with Crippen LogP contribution in [0.1, 0.15) is 23.6 Å². The number of ether oxygens (including phenoxy) is 2. The monoisotopic (exact) mass is 497 g/mol. The van der Waals surface area contributed by atoms with Gasteiger partial charge in [0.1, 0.15) is 23.0 Å². The Morgan fingerprint density at radius 2 is 2.09 bits per heavy atom. The van der Waals surface area contributed by atoms with Gasteiger partial charge in [0.05, 0.1) is 30.9 Å². The smallest absolute Gasteiger partial charge is 0.260 e. The third-order valence-electron chi connectivity index (χ3n) is 5.66. The average Bonchev–Trinajstić information content (AvgIpc) is 3.50. The molecule has 35 heavy (non-hydrogen) atoms. The van der Waals surface area contributed by atoms with Crippen LogP contribution >= 0.6 is 11.3 Å². The van der Waals surface area contributed by atoms with Crippen molar-refractivity contribution in [2.45, 2.75) is 32.6 Å². The van der Waals surface area contributed by atoms with Crippen molar-refractivity contribution in [1.29, 1.82) is 0 Å². The van der Waals surface area contributed by atoms with Gasteiger partial charge in [-0.3, -0.25) is 9.69 Å². The molecule has 3 aromatic heterocycles. The minimum atomic E-state index is -0.696. The van der Waals surface area contributed by atoms with Crippen molar-refractivity contribution in [3.05, 3.63) is 75.5 Å². The SMILES string of the molecule is COCCCN(Cc1nc2scc(-c3ccc(C)cc3)c2c(=O)[nH]1)C[C@H](O)COCc1ccco1. The molecule has 0 amide bonds. The van der Waals surface area contributed by atoms with Crippen LogP contribution in [-0.2, 0) is 22.6 Å². The molecule has 0 radical (unpaired) electrons. The van der Waals surface area contributed by atoms with Crippen LogP contribution in [0.2, 0.25) is 0 Å². The van der Waals surface area contributed by atoms with Gasteiger partial charge in [0, 0.05) is 37.7 Å². The van der Waals surface area contributed by atoms with E-state index in [1.165, 1.54) is 16.9 Å². The van der Waals surface area contributed by atoms with Crippen LogP contribution < -0.4 is 5.56 Å². The molecule has 0 aliphatic carbocycles. The van der Waals surface area contributed by atoms with Crippen molar-refractivity contribution in [2.75, 3.05) is 33.4 Å². The number of aliphatic hydroxyl groups is 1. The van der Waals surface area contributed by atoms with Gasteiger partial charge < -0.3 is 24.0 Å². The number of aromatic nitrogens is 2. The molecule has 3 heterocycles. The first-order valence-corrected chi connectivity index (χ1v) is 12.5. The van der Waals surface area contributed by atoms with Crippen LogP contribution in [0.25, 0.3) is 21.3 Å². The number of aromatic amines is 1. The lowest BCUT2D eigenvalue weighted by Gasteiger charge is -2.24. The Morgan fingerprint density at radius 1 is 1.26 bits per heavy atom. The van der Waals surface area contributed by atoms with E-state index < -0.39 is 6.10 Å². The lowest BCUT2D eigenvalue weighted by molar-refractivity contribution is 0.00246. The zero-order chi connectivity index (χ0) is 24.6. The number of fused-ring (bicyclic) bond motifs is 1. The van der Waals surface area contributed by atoms with Crippen molar-refractivity contribution in [1.82, 2.24) is 14.9 Å². The van der Waals surface area contributed by atoms with Crippen molar-refractivity contribution in [2.24, 2.45) is 0 Å². The summed E-state index contributed by atoms with van der Waals surface area (Å²) in [7, 11) is 1.66. The number of furan rings is 1. The Balaban J connectivity index is 1.45. The van der Waals surface area contributed by atoms with Crippen molar-refractivity contribution >= 4 is 21.6 Å². The molecule has 1 atom stereocenters. The quantitative estimate of drug-likeness (QED) is 0.270. The highest BCUT2D eigenvalue weighted by Gasteiger charge is 2.17. The summed E-state index contributed by atoms with van der Waals surface area (Å²) in [4.78, 5) is 23.5. The summed E-state index contributed by atoms with van der Waals surface area (Å²) in [5, 5.41) is 13.1. The van der Waals surface area contributed by atoms with Gasteiger partial charge in [-0.1, -0.05) is 29.8 Å². The topological polar surface area (TPSA) is 101 Å². The summed E-state index contributed by atoms with van der Waals surface area (Å²) < 4.78 is 16.0. The summed E-state index contributed by atoms with van der Waals surface area (Å²) in [6.07, 6.45) is 1.69. The third-order valence-corrected chi connectivity index (χ3v) is 6.53. The minimum absolute atomic E-state index is 0.152. The van der Waals surface area contributed by atoms with E-state index in [0.29, 0.717) is 54.6 Å². The number of benzene rings is 1. The third kappa shape index (κ3) is 6.87. The zero-order valence-corrected chi connectivity index (χ0v) is 20.8. The number of rotatable bonds is 13. The van der Waals surface area contributed by atoms with Gasteiger partial charge in [-0.15, -0.1) is 11.3 Å². The highest BCUT2D eigenvalue weighted by molar-refractivity contribution is 7.17. The standard InChI is InChI=1S/C26H31N3O5S/c1-18-6-8-19(9-7-18)22-17-35-26-24(22)25(31)27-23(28-26)14-29(10-4-11-32-2)13-20(30)15-33-16-21-5-3-12-34-21/h3,5-9,12,17,20,30H,4,10-11,13-16H2,1-2H3,(H,27,28,31)/t20-/m0/s1. The first-order valence-electron chi connectivity index (χ1n) is 11.6. The second kappa shape index (κ2) is 12.2. The fraction of sp³-hybridized carbons (Fsp3) is 0.385. The largest absolute Gasteiger partial charge is 0.467 e. The molecule has 8 nitrogen and oxygen atoms in total. The molecule has 9 heteroatoms. The Morgan fingerprint density at radius 3 is 2.83 bits per heavy atom. The number of aryl methyl sites for hydroxylation is 1. The van der Waals surface area contributed by atoms with Gasteiger partial charge in [-0.25, -0.2) is 4.98 Å². The van der Waals surface area contributed by atoms with Gasteiger partial charge >= 0.3 is 0 Å². The van der Waals surface area contributed by atoms with E-state index in [9.17, 15) is 9.90 Å². The molecule has 4 rings (SSSR count). The van der Waals surface area contributed by atoms with Crippen LogP contribution in [0, 0.1) is 6.92 Å². The molecule has 2 N–H and O–H groups in total. The molecule has 0 spiro atoms. The summed E-state index contributed by atoms with van der Waals surface area (Å²) in [5.41, 5.74) is 2.91. The average molecular weight is 498 g/mol. The maximum atomic E-state index is 13.0. The zero-order valence-electron chi connectivity index (χ0n) is 20.0. The number of H-pyrrole nitrogens is 1. The lowest BCUT2D eigenvalue weighted by atomic mass is 10.1. The van der Waals surface area contributed by atoms with Crippen LogP contribution in [0.15, 0.2) is 57.3 Å². The van der Waals surface area contributed by atoms with E-state index in [2.05, 4.69) is 9.88 Å². The van der Waals surface area contributed by atoms with Gasteiger partial charge in [0.15, 0.2) is 0 Å². The molecule has 0 unspecified atom stereocenters. The molecule has 0 saturated carbocycles. The summed E-state index contributed by atoms with van der Waals surface area (Å²) in [5.74, 6) is 1.28. The minimum Gasteiger partial charge on any atom is -0.467 e. The number of hydrogen-bond donors (Lipinski definition) is 2.